The Kier molecular flexibility index (Phi) is 9.49. The molecule has 4 nitrogen and oxygen atoms in total. The van der Waals surface area contributed by atoms with Gasteiger partial charge in [0, 0.05) is 26.2 Å². The molecule has 196 valence electrons. The molecule has 1 aliphatic heterocycles. The van der Waals surface area contributed by atoms with Crippen LogP contribution < -0.4 is 5.32 Å². The zero-order valence-corrected chi connectivity index (χ0v) is 21.8. The highest BCUT2D eigenvalue weighted by atomic mass is 19.1. The Morgan fingerprint density at radius 1 is 0.861 bits per heavy atom. The lowest BCUT2D eigenvalue weighted by atomic mass is 9.89. The van der Waals surface area contributed by atoms with Gasteiger partial charge in [0.15, 0.2) is 0 Å². The summed E-state index contributed by atoms with van der Waals surface area (Å²) in [5.41, 5.74) is 1.93. The lowest BCUT2D eigenvalue weighted by Crippen LogP contribution is -2.55. The second-order valence-corrected chi connectivity index (χ2v) is 11.0. The lowest BCUT2D eigenvalue weighted by Gasteiger charge is -2.41. The van der Waals surface area contributed by atoms with Crippen molar-refractivity contribution in [3.63, 3.8) is 0 Å². The van der Waals surface area contributed by atoms with Gasteiger partial charge in [-0.25, -0.2) is 8.78 Å². The van der Waals surface area contributed by atoms with E-state index in [1.54, 1.807) is 24.3 Å². The summed E-state index contributed by atoms with van der Waals surface area (Å²) in [5, 5.41) is 3.64. The second-order valence-electron chi connectivity index (χ2n) is 11.0. The van der Waals surface area contributed by atoms with E-state index >= 15 is 0 Å². The number of halogens is 2. The van der Waals surface area contributed by atoms with E-state index < -0.39 is 0 Å². The fraction of sp³-hybridized carbons (Fsp3) is 0.567. The normalized spacial score (nSPS) is 18.7. The van der Waals surface area contributed by atoms with Gasteiger partial charge in [-0.1, -0.05) is 57.4 Å². The van der Waals surface area contributed by atoms with Crippen LogP contribution in [0.1, 0.15) is 69.5 Å². The van der Waals surface area contributed by atoms with Crippen LogP contribution in [-0.2, 0) is 4.79 Å². The van der Waals surface area contributed by atoms with Crippen LogP contribution in [0.5, 0.6) is 0 Å². The van der Waals surface area contributed by atoms with E-state index in [1.165, 1.54) is 56.4 Å². The van der Waals surface area contributed by atoms with Crippen LogP contribution in [0.3, 0.4) is 0 Å². The fourth-order valence-corrected chi connectivity index (χ4v) is 5.77. The van der Waals surface area contributed by atoms with Crippen molar-refractivity contribution in [1.29, 1.82) is 0 Å². The van der Waals surface area contributed by atoms with Crippen molar-refractivity contribution in [2.45, 2.75) is 64.5 Å². The van der Waals surface area contributed by atoms with Gasteiger partial charge < -0.3 is 10.2 Å². The van der Waals surface area contributed by atoms with Crippen molar-refractivity contribution in [1.82, 2.24) is 15.1 Å². The highest BCUT2D eigenvalue weighted by Gasteiger charge is 2.31. The first-order valence-electron chi connectivity index (χ1n) is 13.7. The molecule has 6 heteroatoms. The molecule has 2 fully saturated rings. The number of nitrogens with zero attached hydrogens (tertiary/aromatic N) is 2. The fourth-order valence-electron chi connectivity index (χ4n) is 5.77. The van der Waals surface area contributed by atoms with Gasteiger partial charge in [0.25, 0.3) is 0 Å². The van der Waals surface area contributed by atoms with E-state index in [0.29, 0.717) is 38.0 Å². The van der Waals surface area contributed by atoms with Crippen LogP contribution in [0.2, 0.25) is 0 Å². The molecule has 0 aromatic heterocycles. The molecule has 1 heterocycles. The van der Waals surface area contributed by atoms with Crippen molar-refractivity contribution in [2.24, 2.45) is 11.8 Å². The van der Waals surface area contributed by atoms with Gasteiger partial charge >= 0.3 is 0 Å². The molecule has 0 spiro atoms. The molecule has 4 rings (SSSR count). The monoisotopic (exact) mass is 497 g/mol. The molecule has 2 aliphatic rings. The molecular weight excluding hydrogens is 456 g/mol. The Labute approximate surface area is 215 Å². The number of hydrogen-bond acceptors (Lipinski definition) is 3. The summed E-state index contributed by atoms with van der Waals surface area (Å²) in [6.07, 6.45) is 7.33. The average molecular weight is 498 g/mol. The van der Waals surface area contributed by atoms with Gasteiger partial charge in [0.2, 0.25) is 5.91 Å². The zero-order chi connectivity index (χ0) is 25.5. The summed E-state index contributed by atoms with van der Waals surface area (Å²) in [6.45, 7) is 8.01. The number of benzene rings is 2. The third kappa shape index (κ3) is 7.13. The summed E-state index contributed by atoms with van der Waals surface area (Å²) >= 11 is 0. The molecule has 1 N–H and O–H groups in total. The van der Waals surface area contributed by atoms with Crippen LogP contribution in [0, 0.1) is 23.5 Å². The van der Waals surface area contributed by atoms with E-state index in [9.17, 15) is 13.6 Å². The Morgan fingerprint density at radius 3 is 1.89 bits per heavy atom. The molecule has 0 bridgehead atoms. The molecule has 0 unspecified atom stereocenters. The molecule has 36 heavy (non-hydrogen) atoms. The van der Waals surface area contributed by atoms with Crippen LogP contribution in [-0.4, -0.2) is 54.5 Å². The zero-order valence-electron chi connectivity index (χ0n) is 21.8. The van der Waals surface area contributed by atoms with Crippen molar-refractivity contribution in [3.05, 3.63) is 71.3 Å². The van der Waals surface area contributed by atoms with E-state index in [1.807, 2.05) is 4.90 Å². The van der Waals surface area contributed by atoms with Gasteiger partial charge in [0.05, 0.1) is 12.1 Å². The Bertz CT molecular complexity index is 904. The van der Waals surface area contributed by atoms with Crippen LogP contribution in [0.25, 0.3) is 0 Å². The number of carbonyl (C=O) groups excluding carboxylic acids is 1. The summed E-state index contributed by atoms with van der Waals surface area (Å²) in [7, 11) is 0. The maximum absolute atomic E-state index is 13.6. The molecule has 1 saturated heterocycles. The van der Waals surface area contributed by atoms with Gasteiger partial charge in [-0.2, -0.15) is 0 Å². The molecule has 2 aromatic rings. The van der Waals surface area contributed by atoms with Crippen LogP contribution in [0.15, 0.2) is 48.5 Å². The van der Waals surface area contributed by atoms with Crippen LogP contribution in [0.4, 0.5) is 8.78 Å². The standard InChI is InChI=1S/C30H41F2N3O/c1-22(2)20-28(33-21-23-6-4-3-5-7-23)30(36)35-18-16-34(17-19-35)29(24-8-12-26(31)13-9-24)25-10-14-27(32)15-11-25/h8-15,22-23,28-29,33H,3-7,16-21H2,1-2H3/t28-/m0/s1. The number of amides is 1. The van der Waals surface area contributed by atoms with Gasteiger partial charge in [-0.05, 0) is 73.0 Å². The smallest absolute Gasteiger partial charge is 0.239 e. The maximum Gasteiger partial charge on any atom is 0.239 e. The molecule has 1 saturated carbocycles. The number of piperazine rings is 1. The van der Waals surface area contributed by atoms with Crippen molar-refractivity contribution in [3.8, 4) is 0 Å². The quantitative estimate of drug-likeness (QED) is 0.477. The first kappa shape index (κ1) is 26.7. The molecule has 0 radical (unpaired) electrons. The average Bonchev–Trinajstić information content (AvgIpc) is 2.89. The van der Waals surface area contributed by atoms with Crippen molar-refractivity contribution < 1.29 is 13.6 Å². The molecular formula is C30H41F2N3O. The first-order chi connectivity index (χ1) is 17.4. The largest absolute Gasteiger partial charge is 0.339 e. The van der Waals surface area contributed by atoms with Crippen molar-refractivity contribution >= 4 is 5.91 Å². The van der Waals surface area contributed by atoms with E-state index in [4.69, 9.17) is 0 Å². The summed E-state index contributed by atoms with van der Waals surface area (Å²) in [6, 6.07) is 12.8. The number of carbonyl (C=O) groups is 1. The minimum atomic E-state index is -0.274. The number of hydrogen-bond donors (Lipinski definition) is 1. The third-order valence-electron chi connectivity index (χ3n) is 7.75. The van der Waals surface area contributed by atoms with Gasteiger partial charge in [0.1, 0.15) is 11.6 Å². The number of nitrogens with one attached hydrogen (secondary N) is 1. The third-order valence-corrected chi connectivity index (χ3v) is 7.75. The predicted octanol–water partition coefficient (Wildman–Crippen LogP) is 5.78. The van der Waals surface area contributed by atoms with E-state index in [0.717, 1.165) is 24.1 Å². The summed E-state index contributed by atoms with van der Waals surface area (Å²) < 4.78 is 27.2. The molecule has 1 amide bonds. The summed E-state index contributed by atoms with van der Waals surface area (Å²) in [5.74, 6) is 0.790. The topological polar surface area (TPSA) is 35.6 Å². The highest BCUT2D eigenvalue weighted by molar-refractivity contribution is 5.82. The second kappa shape index (κ2) is 12.8. The van der Waals surface area contributed by atoms with Gasteiger partial charge in [-0.3, -0.25) is 9.69 Å². The summed E-state index contributed by atoms with van der Waals surface area (Å²) in [4.78, 5) is 17.9. The Hall–Kier alpha value is -2.31. The van der Waals surface area contributed by atoms with E-state index in [2.05, 4.69) is 24.1 Å². The number of rotatable bonds is 9. The molecule has 2 aromatic carbocycles. The minimum absolute atomic E-state index is 0.112. The minimum Gasteiger partial charge on any atom is -0.339 e. The molecule has 1 atom stereocenters. The maximum atomic E-state index is 13.6. The van der Waals surface area contributed by atoms with Crippen LogP contribution >= 0.6 is 0 Å². The lowest BCUT2D eigenvalue weighted by molar-refractivity contribution is -0.136. The van der Waals surface area contributed by atoms with Crippen molar-refractivity contribution in [2.75, 3.05) is 32.7 Å². The SMILES string of the molecule is CC(C)C[C@H](NCC1CCCCC1)C(=O)N1CCN(C(c2ccc(F)cc2)c2ccc(F)cc2)CC1. The van der Waals surface area contributed by atoms with E-state index in [-0.39, 0.29) is 29.6 Å². The Balaban J connectivity index is 1.42. The molecule has 1 aliphatic carbocycles. The predicted molar refractivity (Wildman–Crippen MR) is 141 cm³/mol. The van der Waals surface area contributed by atoms with Gasteiger partial charge in [-0.15, -0.1) is 0 Å². The Morgan fingerprint density at radius 2 is 1.39 bits per heavy atom. The first-order valence-corrected chi connectivity index (χ1v) is 13.7. The highest BCUT2D eigenvalue weighted by Crippen LogP contribution is 2.30.